The zero-order valence-corrected chi connectivity index (χ0v) is 13.5. The lowest BCUT2D eigenvalue weighted by Gasteiger charge is -2.01. The zero-order valence-electron chi connectivity index (χ0n) is 8.92. The third-order valence-corrected chi connectivity index (χ3v) is 5.76. The molecule has 2 aromatic heterocycles. The maximum atomic E-state index is 5.98. The molecule has 0 aliphatic rings. The molecule has 86 valence electrons. The van der Waals surface area contributed by atoms with Crippen molar-refractivity contribution >= 4 is 55.7 Å². The second kappa shape index (κ2) is 4.66. The van der Waals surface area contributed by atoms with Crippen LogP contribution >= 0.6 is 49.9 Å². The summed E-state index contributed by atoms with van der Waals surface area (Å²) in [6, 6.07) is 2.13. The molecule has 3 nitrogen and oxygen atoms in total. The lowest BCUT2D eigenvalue weighted by molar-refractivity contribution is 0.697. The molecule has 0 aliphatic carbocycles. The topological polar surface area (TPSA) is 43.8 Å². The van der Waals surface area contributed by atoms with Crippen LogP contribution in [0.4, 0.5) is 5.82 Å². The summed E-state index contributed by atoms with van der Waals surface area (Å²) >= 11 is 7.51. The fourth-order valence-electron chi connectivity index (χ4n) is 1.44. The van der Waals surface area contributed by atoms with Gasteiger partial charge in [0.05, 0.1) is 15.8 Å². The number of nitrogens with zero attached hydrogens (tertiary/aromatic N) is 2. The summed E-state index contributed by atoms with van der Waals surface area (Å²) in [4.78, 5) is 2.54. The molecule has 0 saturated heterocycles. The minimum Gasteiger partial charge on any atom is -0.383 e. The number of aromatic nitrogens is 2. The van der Waals surface area contributed by atoms with Crippen LogP contribution in [0.3, 0.4) is 0 Å². The molecule has 2 aromatic rings. The summed E-state index contributed by atoms with van der Waals surface area (Å²) in [7, 11) is 0. The first-order chi connectivity index (χ1) is 7.49. The molecule has 0 amide bonds. The van der Waals surface area contributed by atoms with E-state index in [1.54, 1.807) is 11.3 Å². The van der Waals surface area contributed by atoms with E-state index in [2.05, 4.69) is 56.6 Å². The van der Waals surface area contributed by atoms with E-state index in [9.17, 15) is 0 Å². The predicted molar refractivity (Wildman–Crippen MR) is 80.0 cm³/mol. The summed E-state index contributed by atoms with van der Waals surface area (Å²) in [5.74, 6) is 0.750. The normalized spacial score (nSPS) is 11.0. The van der Waals surface area contributed by atoms with E-state index in [0.717, 1.165) is 26.1 Å². The summed E-state index contributed by atoms with van der Waals surface area (Å²) in [5, 5.41) is 4.42. The van der Waals surface area contributed by atoms with Gasteiger partial charge in [-0.3, -0.25) is 0 Å². The predicted octanol–water partition coefficient (Wildman–Crippen LogP) is 3.56. The average Bonchev–Trinajstić information content (AvgIpc) is 2.64. The molecule has 16 heavy (non-hydrogen) atoms. The first kappa shape index (κ1) is 12.4. The number of thiophene rings is 1. The molecule has 2 rings (SSSR count). The van der Waals surface area contributed by atoms with E-state index in [-0.39, 0.29) is 0 Å². The van der Waals surface area contributed by atoms with Gasteiger partial charge in [-0.1, -0.05) is 0 Å². The summed E-state index contributed by atoms with van der Waals surface area (Å²) < 4.78 is 4.06. The Balaban J connectivity index is 2.30. The molecule has 0 bridgehead atoms. The van der Waals surface area contributed by atoms with Crippen molar-refractivity contribution in [3.05, 3.63) is 29.6 Å². The van der Waals surface area contributed by atoms with E-state index >= 15 is 0 Å². The van der Waals surface area contributed by atoms with Crippen LogP contribution in [0.25, 0.3) is 0 Å². The van der Waals surface area contributed by atoms with Crippen molar-refractivity contribution < 1.29 is 0 Å². The Morgan fingerprint density at radius 1 is 1.56 bits per heavy atom. The van der Waals surface area contributed by atoms with Crippen LogP contribution in [-0.2, 0) is 6.54 Å². The third kappa shape index (κ3) is 2.28. The van der Waals surface area contributed by atoms with Crippen LogP contribution in [0.1, 0.15) is 15.4 Å². The molecule has 0 saturated carbocycles. The van der Waals surface area contributed by atoms with Gasteiger partial charge in [-0.15, -0.1) is 11.3 Å². The van der Waals surface area contributed by atoms with Gasteiger partial charge in [0.25, 0.3) is 0 Å². The zero-order chi connectivity index (χ0) is 11.9. The van der Waals surface area contributed by atoms with Crippen molar-refractivity contribution in [1.82, 2.24) is 9.78 Å². The Bertz CT molecular complexity index is 513. The average molecular weight is 412 g/mol. The molecule has 0 radical (unpaired) electrons. The van der Waals surface area contributed by atoms with Gasteiger partial charge in [0, 0.05) is 14.2 Å². The highest BCUT2D eigenvalue weighted by molar-refractivity contribution is 14.1. The van der Waals surface area contributed by atoms with Crippen molar-refractivity contribution in [2.24, 2.45) is 0 Å². The molecule has 0 aromatic carbocycles. The molecular weight excluding hydrogens is 401 g/mol. The number of halogens is 2. The molecular formula is C10H11BrIN3S. The SMILES string of the molecule is Cc1nn(Cc2cc(Br)c(C)s2)c(N)c1I. The maximum Gasteiger partial charge on any atom is 0.135 e. The van der Waals surface area contributed by atoms with Crippen molar-refractivity contribution in [2.75, 3.05) is 5.73 Å². The molecule has 0 spiro atoms. The van der Waals surface area contributed by atoms with Crippen molar-refractivity contribution in [2.45, 2.75) is 20.4 Å². The van der Waals surface area contributed by atoms with Gasteiger partial charge in [-0.25, -0.2) is 4.68 Å². The Morgan fingerprint density at radius 2 is 2.25 bits per heavy atom. The molecule has 0 fully saturated rings. The van der Waals surface area contributed by atoms with Gasteiger partial charge in [0.15, 0.2) is 0 Å². The second-order valence-corrected chi connectivity index (χ2v) is 6.83. The van der Waals surface area contributed by atoms with Crippen LogP contribution in [0.15, 0.2) is 10.5 Å². The largest absolute Gasteiger partial charge is 0.383 e. The summed E-state index contributed by atoms with van der Waals surface area (Å²) in [6.07, 6.45) is 0. The highest BCUT2D eigenvalue weighted by atomic mass is 127. The third-order valence-electron chi connectivity index (χ3n) is 2.31. The summed E-state index contributed by atoms with van der Waals surface area (Å²) in [5.41, 5.74) is 6.97. The fourth-order valence-corrected chi connectivity index (χ4v) is 3.41. The van der Waals surface area contributed by atoms with Gasteiger partial charge in [0.1, 0.15) is 5.82 Å². The molecule has 2 N–H and O–H groups in total. The van der Waals surface area contributed by atoms with Crippen LogP contribution in [0, 0.1) is 17.4 Å². The lowest BCUT2D eigenvalue weighted by atomic mass is 10.4. The first-order valence-electron chi connectivity index (χ1n) is 4.72. The lowest BCUT2D eigenvalue weighted by Crippen LogP contribution is -2.05. The van der Waals surface area contributed by atoms with Crippen molar-refractivity contribution in [1.29, 1.82) is 0 Å². The fraction of sp³-hybridized carbons (Fsp3) is 0.300. The van der Waals surface area contributed by atoms with Crippen LogP contribution in [0.5, 0.6) is 0 Å². The minimum atomic E-state index is 0.743. The monoisotopic (exact) mass is 411 g/mol. The first-order valence-corrected chi connectivity index (χ1v) is 7.41. The van der Waals surface area contributed by atoms with Crippen molar-refractivity contribution in [3.8, 4) is 0 Å². The highest BCUT2D eigenvalue weighted by Gasteiger charge is 2.11. The van der Waals surface area contributed by atoms with Gasteiger partial charge in [-0.05, 0) is 58.4 Å². The quantitative estimate of drug-likeness (QED) is 0.768. The van der Waals surface area contributed by atoms with E-state index < -0.39 is 0 Å². The van der Waals surface area contributed by atoms with Crippen LogP contribution in [0.2, 0.25) is 0 Å². The number of aryl methyl sites for hydroxylation is 2. The highest BCUT2D eigenvalue weighted by Crippen LogP contribution is 2.28. The van der Waals surface area contributed by atoms with E-state index in [0.29, 0.717) is 0 Å². The maximum absolute atomic E-state index is 5.98. The standard InChI is InChI=1S/C10H11BrIN3S/c1-5-9(12)10(13)15(14-5)4-7-3-8(11)6(2)16-7/h3H,4,13H2,1-2H3. The Hall–Kier alpha value is -0.0800. The van der Waals surface area contributed by atoms with E-state index in [1.807, 2.05) is 11.6 Å². The second-order valence-electron chi connectivity index (χ2n) is 3.56. The Kier molecular flexibility index (Phi) is 3.60. The van der Waals surface area contributed by atoms with E-state index in [4.69, 9.17) is 5.73 Å². The van der Waals surface area contributed by atoms with Gasteiger partial charge in [-0.2, -0.15) is 5.10 Å². The number of nitrogen functional groups attached to an aromatic ring is 1. The van der Waals surface area contributed by atoms with Gasteiger partial charge < -0.3 is 5.73 Å². The van der Waals surface area contributed by atoms with Crippen molar-refractivity contribution in [3.63, 3.8) is 0 Å². The van der Waals surface area contributed by atoms with Gasteiger partial charge >= 0.3 is 0 Å². The Labute approximate surface area is 120 Å². The molecule has 2 heterocycles. The summed E-state index contributed by atoms with van der Waals surface area (Å²) in [6.45, 7) is 4.82. The smallest absolute Gasteiger partial charge is 0.135 e. The number of nitrogens with two attached hydrogens (primary N) is 1. The minimum absolute atomic E-state index is 0.743. The van der Waals surface area contributed by atoms with Crippen LogP contribution in [-0.4, -0.2) is 9.78 Å². The number of hydrogen-bond acceptors (Lipinski definition) is 3. The Morgan fingerprint density at radius 3 is 2.69 bits per heavy atom. The number of hydrogen-bond donors (Lipinski definition) is 1. The number of anilines is 1. The molecule has 0 atom stereocenters. The van der Waals surface area contributed by atoms with Gasteiger partial charge in [0.2, 0.25) is 0 Å². The molecule has 0 unspecified atom stereocenters. The van der Waals surface area contributed by atoms with E-state index in [1.165, 1.54) is 9.75 Å². The van der Waals surface area contributed by atoms with Crippen LogP contribution < -0.4 is 5.73 Å². The number of rotatable bonds is 2. The molecule has 0 aliphatic heterocycles. The molecule has 6 heteroatoms.